The first-order chi connectivity index (χ1) is 11.2. The number of anilines is 1. The summed E-state index contributed by atoms with van der Waals surface area (Å²) in [6, 6.07) is 19.5. The van der Waals surface area contributed by atoms with Crippen molar-refractivity contribution in [2.45, 2.75) is 13.3 Å². The lowest BCUT2D eigenvalue weighted by atomic mass is 10.1. The Morgan fingerprint density at radius 1 is 1.13 bits per heavy atom. The molecule has 0 atom stereocenters. The summed E-state index contributed by atoms with van der Waals surface area (Å²) < 4.78 is 0. The summed E-state index contributed by atoms with van der Waals surface area (Å²) in [6.45, 7) is 2.49. The van der Waals surface area contributed by atoms with Gasteiger partial charge in [-0.3, -0.25) is 4.79 Å². The number of nitrogens with one attached hydrogen (secondary N) is 2. The van der Waals surface area contributed by atoms with Crippen LogP contribution in [0.1, 0.15) is 11.1 Å². The summed E-state index contributed by atoms with van der Waals surface area (Å²) >= 11 is 0. The Hall–Kier alpha value is -3.06. The van der Waals surface area contributed by atoms with E-state index >= 15 is 0 Å². The van der Waals surface area contributed by atoms with E-state index < -0.39 is 0 Å². The highest BCUT2D eigenvalue weighted by Crippen LogP contribution is 2.09. The van der Waals surface area contributed by atoms with E-state index in [9.17, 15) is 4.79 Å². The van der Waals surface area contributed by atoms with Crippen LogP contribution in [0.4, 0.5) is 5.69 Å². The quantitative estimate of drug-likeness (QED) is 0.636. The van der Waals surface area contributed by atoms with Crippen LogP contribution in [0.15, 0.2) is 66.4 Å². The van der Waals surface area contributed by atoms with Crippen LogP contribution >= 0.6 is 0 Å². The standard InChI is InChI=1S/C19H19N3O/c1-15-7-9-18(10-8-15)22-14-17(13-20)19(23)21-12-11-16-5-3-2-4-6-16/h2-10,14,22H,11-12H2,1H3,(H,21,23)/b17-14-. The predicted octanol–water partition coefficient (Wildman–Crippen LogP) is 3.17. The molecule has 0 fully saturated rings. The molecule has 0 aromatic heterocycles. The molecule has 4 heteroatoms. The van der Waals surface area contributed by atoms with Gasteiger partial charge in [0.2, 0.25) is 0 Å². The monoisotopic (exact) mass is 305 g/mol. The molecule has 0 heterocycles. The molecule has 2 rings (SSSR count). The van der Waals surface area contributed by atoms with Gasteiger partial charge in [0.1, 0.15) is 11.6 Å². The third-order valence-electron chi connectivity index (χ3n) is 3.34. The molecule has 0 saturated carbocycles. The van der Waals surface area contributed by atoms with E-state index in [0.29, 0.717) is 6.54 Å². The van der Waals surface area contributed by atoms with E-state index in [1.807, 2.05) is 67.6 Å². The SMILES string of the molecule is Cc1ccc(N/C=C(/C#N)C(=O)NCCc2ccccc2)cc1. The van der Waals surface area contributed by atoms with Crippen molar-refractivity contribution in [2.75, 3.05) is 11.9 Å². The van der Waals surface area contributed by atoms with E-state index in [4.69, 9.17) is 5.26 Å². The van der Waals surface area contributed by atoms with E-state index in [0.717, 1.165) is 23.2 Å². The summed E-state index contributed by atoms with van der Waals surface area (Å²) in [5.41, 5.74) is 3.19. The molecule has 0 aliphatic rings. The van der Waals surface area contributed by atoms with Crippen LogP contribution in [0.5, 0.6) is 0 Å². The highest BCUT2D eigenvalue weighted by Gasteiger charge is 2.07. The molecule has 2 N–H and O–H groups in total. The summed E-state index contributed by atoms with van der Waals surface area (Å²) in [5.74, 6) is -0.372. The van der Waals surface area contributed by atoms with Crippen LogP contribution in [-0.2, 0) is 11.2 Å². The van der Waals surface area contributed by atoms with Crippen LogP contribution in [0, 0.1) is 18.3 Å². The first-order valence-electron chi connectivity index (χ1n) is 7.44. The molecule has 23 heavy (non-hydrogen) atoms. The maximum Gasteiger partial charge on any atom is 0.263 e. The molecule has 0 bridgehead atoms. The molecular formula is C19H19N3O. The molecule has 4 nitrogen and oxygen atoms in total. The second-order valence-electron chi connectivity index (χ2n) is 5.17. The lowest BCUT2D eigenvalue weighted by molar-refractivity contribution is -0.117. The third kappa shape index (κ3) is 5.33. The van der Waals surface area contributed by atoms with E-state index in [1.165, 1.54) is 6.20 Å². The second kappa shape index (κ2) is 8.40. The van der Waals surface area contributed by atoms with Crippen molar-refractivity contribution in [1.82, 2.24) is 5.32 Å². The van der Waals surface area contributed by atoms with Gasteiger partial charge in [-0.1, -0.05) is 48.0 Å². The topological polar surface area (TPSA) is 64.9 Å². The average Bonchev–Trinajstić information content (AvgIpc) is 2.58. The van der Waals surface area contributed by atoms with Crippen molar-refractivity contribution >= 4 is 11.6 Å². The van der Waals surface area contributed by atoms with Gasteiger partial charge in [0.15, 0.2) is 0 Å². The maximum atomic E-state index is 12.0. The van der Waals surface area contributed by atoms with Gasteiger partial charge in [0.05, 0.1) is 0 Å². The van der Waals surface area contributed by atoms with E-state index in [-0.39, 0.29) is 11.5 Å². The molecule has 2 aromatic carbocycles. The van der Waals surface area contributed by atoms with Gasteiger partial charge in [-0.2, -0.15) is 5.26 Å². The fourth-order valence-corrected chi connectivity index (χ4v) is 2.01. The number of aryl methyl sites for hydroxylation is 1. The number of carbonyl (C=O) groups is 1. The van der Waals surface area contributed by atoms with Gasteiger partial charge in [0, 0.05) is 18.4 Å². The number of hydrogen-bond donors (Lipinski definition) is 2. The normalized spacial score (nSPS) is 10.7. The molecule has 0 radical (unpaired) electrons. The van der Waals surface area contributed by atoms with Gasteiger partial charge >= 0.3 is 0 Å². The summed E-state index contributed by atoms with van der Waals surface area (Å²) in [6.07, 6.45) is 2.17. The molecule has 0 saturated heterocycles. The van der Waals surface area contributed by atoms with Gasteiger partial charge in [-0.25, -0.2) is 0 Å². The average molecular weight is 305 g/mol. The maximum absolute atomic E-state index is 12.0. The highest BCUT2D eigenvalue weighted by molar-refractivity contribution is 5.97. The molecular weight excluding hydrogens is 286 g/mol. The molecule has 1 amide bonds. The summed E-state index contributed by atoms with van der Waals surface area (Å²) in [4.78, 5) is 12.0. The number of amides is 1. The molecule has 0 spiro atoms. The Balaban J connectivity index is 1.86. The molecule has 116 valence electrons. The number of nitriles is 1. The van der Waals surface area contributed by atoms with Crippen LogP contribution in [0.25, 0.3) is 0 Å². The number of benzene rings is 2. The van der Waals surface area contributed by atoms with Gasteiger partial charge in [-0.15, -0.1) is 0 Å². The summed E-state index contributed by atoms with van der Waals surface area (Å²) in [5, 5.41) is 14.8. The van der Waals surface area contributed by atoms with Crippen molar-refractivity contribution < 1.29 is 4.79 Å². The van der Waals surface area contributed by atoms with Crippen molar-refractivity contribution in [3.63, 3.8) is 0 Å². The van der Waals surface area contributed by atoms with Gasteiger partial charge < -0.3 is 10.6 Å². The van der Waals surface area contributed by atoms with Crippen molar-refractivity contribution in [1.29, 1.82) is 5.26 Å². The highest BCUT2D eigenvalue weighted by atomic mass is 16.1. The van der Waals surface area contributed by atoms with Crippen molar-refractivity contribution in [3.05, 3.63) is 77.5 Å². The zero-order valence-electron chi connectivity index (χ0n) is 13.0. The Labute approximate surface area is 136 Å². The Morgan fingerprint density at radius 3 is 2.48 bits per heavy atom. The minimum atomic E-state index is -0.372. The van der Waals surface area contributed by atoms with Gasteiger partial charge in [-0.05, 0) is 31.0 Å². The van der Waals surface area contributed by atoms with Crippen LogP contribution in [0.3, 0.4) is 0 Å². The Bertz CT molecular complexity index is 713. The van der Waals surface area contributed by atoms with E-state index in [1.54, 1.807) is 0 Å². The minimum absolute atomic E-state index is 0.0543. The van der Waals surface area contributed by atoms with Crippen LogP contribution in [-0.4, -0.2) is 12.5 Å². The zero-order chi connectivity index (χ0) is 16.5. The zero-order valence-corrected chi connectivity index (χ0v) is 13.0. The van der Waals surface area contributed by atoms with Crippen molar-refractivity contribution in [2.24, 2.45) is 0 Å². The Morgan fingerprint density at radius 2 is 1.83 bits per heavy atom. The number of carbonyl (C=O) groups excluding carboxylic acids is 1. The first-order valence-corrected chi connectivity index (χ1v) is 7.44. The Kier molecular flexibility index (Phi) is 5.96. The molecule has 0 aliphatic carbocycles. The lowest BCUT2D eigenvalue weighted by Crippen LogP contribution is -2.27. The fourth-order valence-electron chi connectivity index (χ4n) is 2.01. The largest absolute Gasteiger partial charge is 0.360 e. The lowest BCUT2D eigenvalue weighted by Gasteiger charge is -2.05. The number of rotatable bonds is 6. The fraction of sp³-hybridized carbons (Fsp3) is 0.158. The number of nitrogens with zero attached hydrogens (tertiary/aromatic N) is 1. The van der Waals surface area contributed by atoms with Crippen LogP contribution < -0.4 is 10.6 Å². The molecule has 0 aliphatic heterocycles. The minimum Gasteiger partial charge on any atom is -0.360 e. The second-order valence-corrected chi connectivity index (χ2v) is 5.17. The third-order valence-corrected chi connectivity index (χ3v) is 3.34. The summed E-state index contributed by atoms with van der Waals surface area (Å²) in [7, 11) is 0. The molecule has 0 unspecified atom stereocenters. The van der Waals surface area contributed by atoms with Crippen molar-refractivity contribution in [3.8, 4) is 6.07 Å². The van der Waals surface area contributed by atoms with E-state index in [2.05, 4.69) is 10.6 Å². The molecule has 2 aromatic rings. The van der Waals surface area contributed by atoms with Gasteiger partial charge in [0.25, 0.3) is 5.91 Å². The number of hydrogen-bond acceptors (Lipinski definition) is 3. The van der Waals surface area contributed by atoms with Crippen LogP contribution in [0.2, 0.25) is 0 Å². The first kappa shape index (κ1) is 16.3. The smallest absolute Gasteiger partial charge is 0.263 e. The predicted molar refractivity (Wildman–Crippen MR) is 91.7 cm³/mol.